The fourth-order valence-electron chi connectivity index (χ4n) is 4.49. The Balaban J connectivity index is 1.66. The highest BCUT2D eigenvalue weighted by molar-refractivity contribution is 5.96. The number of fused-ring (bicyclic) bond motifs is 1. The van der Waals surface area contributed by atoms with Crippen molar-refractivity contribution in [3.63, 3.8) is 0 Å². The van der Waals surface area contributed by atoms with Crippen molar-refractivity contribution in [2.45, 2.75) is 45.3 Å². The number of likely N-dealkylation sites (N-methyl/N-ethyl adjacent to an activating group) is 1. The van der Waals surface area contributed by atoms with Crippen molar-refractivity contribution in [1.82, 2.24) is 19.7 Å². The molecule has 0 saturated carbocycles. The fraction of sp³-hybridized carbons (Fsp3) is 0.417. The van der Waals surface area contributed by atoms with E-state index >= 15 is 0 Å². The minimum atomic E-state index is -0.440. The molecule has 2 aliphatic rings. The van der Waals surface area contributed by atoms with Gasteiger partial charge in [-0.1, -0.05) is 30.3 Å². The van der Waals surface area contributed by atoms with Crippen LogP contribution in [0.1, 0.15) is 40.4 Å². The standard InChI is InChI=1S/C24H28N4O4/c1-16(29)27-11-9-20-18(13-27)14-28(10-8-17-6-4-3-5-7-17)24(32)22(20)23(31)25-19-12-21(30)26(2)15-19/h3-7,14,19H,8-13,15H2,1-2H3,(H,25,31). The molecule has 2 aliphatic heterocycles. The Kier molecular flexibility index (Phi) is 6.12. The van der Waals surface area contributed by atoms with E-state index in [4.69, 9.17) is 0 Å². The molecule has 1 aromatic heterocycles. The van der Waals surface area contributed by atoms with Crippen molar-refractivity contribution in [2.24, 2.45) is 0 Å². The number of nitrogens with one attached hydrogen (secondary N) is 1. The van der Waals surface area contributed by atoms with Gasteiger partial charge in [0.2, 0.25) is 11.8 Å². The summed E-state index contributed by atoms with van der Waals surface area (Å²) in [5, 5.41) is 2.89. The van der Waals surface area contributed by atoms with E-state index in [2.05, 4.69) is 5.32 Å². The molecule has 1 N–H and O–H groups in total. The minimum absolute atomic E-state index is 0.0252. The van der Waals surface area contributed by atoms with Gasteiger partial charge in [0.25, 0.3) is 11.5 Å². The quantitative estimate of drug-likeness (QED) is 0.756. The van der Waals surface area contributed by atoms with Gasteiger partial charge in [0, 0.05) is 52.8 Å². The van der Waals surface area contributed by atoms with Crippen LogP contribution in [0.4, 0.5) is 0 Å². The molecule has 0 bridgehead atoms. The summed E-state index contributed by atoms with van der Waals surface area (Å²) in [4.78, 5) is 53.7. The maximum Gasteiger partial charge on any atom is 0.263 e. The Morgan fingerprint density at radius 3 is 2.56 bits per heavy atom. The van der Waals surface area contributed by atoms with Crippen molar-refractivity contribution < 1.29 is 14.4 Å². The average Bonchev–Trinajstić information content (AvgIpc) is 3.09. The highest BCUT2D eigenvalue weighted by Crippen LogP contribution is 2.22. The SMILES string of the molecule is CC(=O)N1CCc2c(cn(CCc3ccccc3)c(=O)c2C(=O)NC2CC(=O)N(C)C2)C1. The normalized spacial score (nSPS) is 17.9. The third-order valence-electron chi connectivity index (χ3n) is 6.30. The van der Waals surface area contributed by atoms with Crippen LogP contribution in [0.15, 0.2) is 41.3 Å². The highest BCUT2D eigenvalue weighted by Gasteiger charge is 2.31. The lowest BCUT2D eigenvalue weighted by atomic mass is 9.95. The molecule has 8 heteroatoms. The summed E-state index contributed by atoms with van der Waals surface area (Å²) in [5.41, 5.74) is 2.44. The predicted octanol–water partition coefficient (Wildman–Crippen LogP) is 0.956. The molecule has 0 aliphatic carbocycles. The number of rotatable bonds is 5. The number of carbonyl (C=O) groups excluding carboxylic acids is 3. The maximum absolute atomic E-state index is 13.4. The molecule has 168 valence electrons. The van der Waals surface area contributed by atoms with Gasteiger partial charge in [-0.25, -0.2) is 0 Å². The second-order valence-electron chi connectivity index (χ2n) is 8.58. The van der Waals surface area contributed by atoms with E-state index < -0.39 is 5.91 Å². The Morgan fingerprint density at radius 2 is 1.91 bits per heavy atom. The Hall–Kier alpha value is -3.42. The molecule has 32 heavy (non-hydrogen) atoms. The van der Waals surface area contributed by atoms with Gasteiger partial charge in [0.1, 0.15) is 5.56 Å². The molecule has 8 nitrogen and oxygen atoms in total. The third-order valence-corrected chi connectivity index (χ3v) is 6.30. The van der Waals surface area contributed by atoms with Gasteiger partial charge in [-0.3, -0.25) is 19.2 Å². The van der Waals surface area contributed by atoms with Crippen LogP contribution in [0.3, 0.4) is 0 Å². The fourth-order valence-corrected chi connectivity index (χ4v) is 4.49. The van der Waals surface area contributed by atoms with E-state index in [0.29, 0.717) is 44.6 Å². The van der Waals surface area contributed by atoms with E-state index in [-0.39, 0.29) is 35.4 Å². The van der Waals surface area contributed by atoms with Gasteiger partial charge in [-0.15, -0.1) is 0 Å². The number of hydrogen-bond donors (Lipinski definition) is 1. The topological polar surface area (TPSA) is 91.7 Å². The molecule has 0 spiro atoms. The summed E-state index contributed by atoms with van der Waals surface area (Å²) in [7, 11) is 1.70. The zero-order valence-corrected chi connectivity index (χ0v) is 18.5. The molecule has 2 aromatic rings. The van der Waals surface area contributed by atoms with Crippen LogP contribution in [0.2, 0.25) is 0 Å². The molecule has 0 radical (unpaired) electrons. The number of carbonyl (C=O) groups is 3. The van der Waals surface area contributed by atoms with Crippen LogP contribution in [0.5, 0.6) is 0 Å². The lowest BCUT2D eigenvalue weighted by Gasteiger charge is -2.30. The molecular formula is C24H28N4O4. The van der Waals surface area contributed by atoms with E-state index in [1.165, 1.54) is 6.92 Å². The highest BCUT2D eigenvalue weighted by atomic mass is 16.2. The summed E-state index contributed by atoms with van der Waals surface area (Å²) in [5.74, 6) is -0.497. The zero-order valence-electron chi connectivity index (χ0n) is 18.5. The van der Waals surface area contributed by atoms with Crippen molar-refractivity contribution in [3.05, 3.63) is 69.1 Å². The Bertz CT molecular complexity index is 1110. The van der Waals surface area contributed by atoms with Gasteiger partial charge in [0.15, 0.2) is 0 Å². The lowest BCUT2D eigenvalue weighted by Crippen LogP contribution is -2.43. The van der Waals surface area contributed by atoms with E-state index in [1.54, 1.807) is 27.6 Å². The number of nitrogens with zero attached hydrogens (tertiary/aromatic N) is 3. The zero-order chi connectivity index (χ0) is 22.8. The summed E-state index contributed by atoms with van der Waals surface area (Å²) in [6, 6.07) is 9.54. The van der Waals surface area contributed by atoms with Gasteiger partial charge < -0.3 is 19.7 Å². The van der Waals surface area contributed by atoms with Gasteiger partial charge in [0.05, 0.1) is 6.04 Å². The second-order valence-corrected chi connectivity index (χ2v) is 8.58. The number of aromatic nitrogens is 1. The number of pyridine rings is 1. The first-order chi connectivity index (χ1) is 15.3. The van der Waals surface area contributed by atoms with Gasteiger partial charge >= 0.3 is 0 Å². The summed E-state index contributed by atoms with van der Waals surface area (Å²) in [6.07, 6.45) is 3.13. The monoisotopic (exact) mass is 436 g/mol. The smallest absolute Gasteiger partial charge is 0.263 e. The number of benzene rings is 1. The van der Waals surface area contributed by atoms with Gasteiger partial charge in [-0.05, 0) is 29.5 Å². The van der Waals surface area contributed by atoms with E-state index in [9.17, 15) is 19.2 Å². The Labute approximate surface area is 186 Å². The van der Waals surface area contributed by atoms with E-state index in [0.717, 1.165) is 11.1 Å². The first-order valence-corrected chi connectivity index (χ1v) is 10.9. The van der Waals surface area contributed by atoms with Crippen LogP contribution in [0.25, 0.3) is 0 Å². The van der Waals surface area contributed by atoms with Crippen molar-refractivity contribution in [1.29, 1.82) is 0 Å². The van der Waals surface area contributed by atoms with Crippen LogP contribution in [-0.4, -0.2) is 58.3 Å². The molecule has 1 fully saturated rings. The van der Waals surface area contributed by atoms with Crippen LogP contribution in [0, 0.1) is 0 Å². The first kappa shape index (κ1) is 21.8. The van der Waals surface area contributed by atoms with E-state index in [1.807, 2.05) is 30.3 Å². The van der Waals surface area contributed by atoms with Crippen molar-refractivity contribution in [2.75, 3.05) is 20.1 Å². The number of aryl methyl sites for hydroxylation is 2. The van der Waals surface area contributed by atoms with Crippen molar-refractivity contribution in [3.8, 4) is 0 Å². The molecule has 1 saturated heterocycles. The maximum atomic E-state index is 13.4. The molecule has 3 heterocycles. The molecule has 1 unspecified atom stereocenters. The Morgan fingerprint density at radius 1 is 1.16 bits per heavy atom. The molecule has 1 atom stereocenters. The first-order valence-electron chi connectivity index (χ1n) is 10.9. The van der Waals surface area contributed by atoms with Crippen LogP contribution >= 0.6 is 0 Å². The summed E-state index contributed by atoms with van der Waals surface area (Å²) in [6.45, 7) is 3.24. The molecule has 4 rings (SSSR count). The average molecular weight is 437 g/mol. The lowest BCUT2D eigenvalue weighted by molar-refractivity contribution is -0.129. The summed E-state index contributed by atoms with van der Waals surface area (Å²) >= 11 is 0. The third kappa shape index (κ3) is 4.44. The predicted molar refractivity (Wildman–Crippen MR) is 119 cm³/mol. The summed E-state index contributed by atoms with van der Waals surface area (Å²) < 4.78 is 1.58. The molecule has 1 aromatic carbocycles. The molecule has 3 amide bonds. The number of likely N-dealkylation sites (tertiary alicyclic amines) is 1. The number of amides is 3. The van der Waals surface area contributed by atoms with Crippen molar-refractivity contribution >= 4 is 17.7 Å². The van der Waals surface area contributed by atoms with Gasteiger partial charge in [-0.2, -0.15) is 0 Å². The molecular weight excluding hydrogens is 408 g/mol. The van der Waals surface area contributed by atoms with Crippen LogP contribution < -0.4 is 10.9 Å². The minimum Gasteiger partial charge on any atom is -0.347 e. The number of hydrogen-bond acceptors (Lipinski definition) is 4. The van der Waals surface area contributed by atoms with Crippen LogP contribution in [-0.2, 0) is 35.5 Å². The largest absolute Gasteiger partial charge is 0.347 e. The second kappa shape index (κ2) is 8.98.